The number of hydrogen-bond donors (Lipinski definition) is 6. The molecule has 0 atom stereocenters. The van der Waals surface area contributed by atoms with Crippen LogP contribution in [0.2, 0.25) is 0 Å². The lowest BCUT2D eigenvalue weighted by Gasteiger charge is -1.97. The zero-order valence-electron chi connectivity index (χ0n) is 15.1. The van der Waals surface area contributed by atoms with E-state index in [4.69, 9.17) is 40.5 Å². The molecule has 0 bridgehead atoms. The van der Waals surface area contributed by atoms with Gasteiger partial charge in [-0.25, -0.2) is 9.98 Å². The van der Waals surface area contributed by atoms with E-state index in [0.717, 1.165) is 11.1 Å². The molecule has 160 valence electrons. The maximum Gasteiger partial charge on any atom is 0.394 e. The minimum absolute atomic E-state index is 0.133. The summed E-state index contributed by atoms with van der Waals surface area (Å²) in [5, 5.41) is 0. The quantitative estimate of drug-likeness (QED) is 0.124. The van der Waals surface area contributed by atoms with E-state index in [2.05, 4.69) is 55.2 Å². The van der Waals surface area contributed by atoms with E-state index >= 15 is 0 Å². The average molecular weight is 644 g/mol. The van der Waals surface area contributed by atoms with Crippen molar-refractivity contribution < 1.29 is 17.5 Å². The molecule has 2 aromatic carbocycles. The Morgan fingerprint density at radius 2 is 1.31 bits per heavy atom. The van der Waals surface area contributed by atoms with Crippen molar-refractivity contribution in [3.05, 3.63) is 66.8 Å². The third-order valence-corrected chi connectivity index (χ3v) is 4.01. The van der Waals surface area contributed by atoms with E-state index in [1.807, 2.05) is 48.5 Å². The fourth-order valence-electron chi connectivity index (χ4n) is 1.64. The van der Waals surface area contributed by atoms with E-state index in [-0.39, 0.29) is 11.9 Å². The zero-order valence-corrected chi connectivity index (χ0v) is 20.2. The molecule has 13 heteroatoms. The largest absolute Gasteiger partial charge is 0.394 e. The normalized spacial score (nSPS) is 9.79. The van der Waals surface area contributed by atoms with Crippen molar-refractivity contribution in [3.8, 4) is 0 Å². The number of nitrogens with zero attached hydrogens (tertiary/aromatic N) is 2. The van der Waals surface area contributed by atoms with Gasteiger partial charge in [0.15, 0.2) is 11.9 Å². The minimum Gasteiger partial charge on any atom is -0.370 e. The van der Waals surface area contributed by atoms with E-state index in [9.17, 15) is 0 Å². The molecular formula is C16H22I2N6O4S. The van der Waals surface area contributed by atoms with Crippen LogP contribution in [0.15, 0.2) is 58.5 Å². The average Bonchev–Trinajstić information content (AvgIpc) is 2.57. The highest BCUT2D eigenvalue weighted by Crippen LogP contribution is 2.09. The van der Waals surface area contributed by atoms with Gasteiger partial charge in [-0.05, 0) is 80.6 Å². The molecule has 0 saturated heterocycles. The summed E-state index contributed by atoms with van der Waals surface area (Å²) in [7, 11) is -4.67. The molecular weight excluding hydrogens is 622 g/mol. The molecule has 0 saturated carbocycles. The number of benzene rings is 2. The van der Waals surface area contributed by atoms with Gasteiger partial charge in [-0.15, -0.1) is 0 Å². The van der Waals surface area contributed by atoms with Crippen molar-refractivity contribution in [1.29, 1.82) is 0 Å². The summed E-state index contributed by atoms with van der Waals surface area (Å²) >= 11 is 4.50. The summed E-state index contributed by atoms with van der Waals surface area (Å²) in [6.45, 7) is 1.11. The van der Waals surface area contributed by atoms with Crippen LogP contribution < -0.4 is 22.9 Å². The van der Waals surface area contributed by atoms with E-state index in [1.165, 1.54) is 7.14 Å². The van der Waals surface area contributed by atoms with Gasteiger partial charge in [0.1, 0.15) is 0 Å². The van der Waals surface area contributed by atoms with Crippen LogP contribution in [0.4, 0.5) is 0 Å². The predicted molar refractivity (Wildman–Crippen MR) is 132 cm³/mol. The molecule has 2 aromatic rings. The van der Waals surface area contributed by atoms with Gasteiger partial charge in [-0.3, -0.25) is 9.11 Å². The van der Waals surface area contributed by atoms with Crippen LogP contribution in [0, 0.1) is 7.14 Å². The number of hydrogen-bond acceptors (Lipinski definition) is 4. The first kappa shape index (κ1) is 27.3. The summed E-state index contributed by atoms with van der Waals surface area (Å²) in [6.07, 6.45) is 0. The third kappa shape index (κ3) is 19.4. The first-order valence-corrected chi connectivity index (χ1v) is 11.2. The summed E-state index contributed by atoms with van der Waals surface area (Å²) in [5.41, 5.74) is 23.1. The van der Waals surface area contributed by atoms with Crippen molar-refractivity contribution in [1.82, 2.24) is 0 Å². The van der Waals surface area contributed by atoms with Crippen LogP contribution in [-0.4, -0.2) is 29.4 Å². The lowest BCUT2D eigenvalue weighted by Crippen LogP contribution is -2.22. The molecule has 0 radical (unpaired) electrons. The SMILES string of the molecule is NC(N)=NCc1cccc(I)c1.NC(N)=NCc1cccc([123I])c1.O=S(=O)(O)O. The van der Waals surface area contributed by atoms with Crippen LogP contribution in [-0.2, 0) is 23.5 Å². The standard InChI is InChI=1S/2C8H10IN3.H2O4S/c2*9-7-3-1-2-6(4-7)5-12-8(10)11;1-5(2,3)4/h2*1-4H,5H2,(H4,10,11,12);(H2,1,2,3,4)/i9-4;;. The minimum atomic E-state index is -4.67. The third-order valence-electron chi connectivity index (χ3n) is 2.67. The Morgan fingerprint density at radius 1 is 0.897 bits per heavy atom. The van der Waals surface area contributed by atoms with Gasteiger partial charge in [-0.2, -0.15) is 8.42 Å². The van der Waals surface area contributed by atoms with Crippen molar-refractivity contribution in [2.75, 3.05) is 0 Å². The maximum atomic E-state index is 8.74. The molecule has 0 aliphatic carbocycles. The van der Waals surface area contributed by atoms with Crippen LogP contribution in [0.3, 0.4) is 0 Å². The van der Waals surface area contributed by atoms with Crippen molar-refractivity contribution in [2.45, 2.75) is 13.1 Å². The highest BCUT2D eigenvalue weighted by Gasteiger charge is 1.92. The lowest BCUT2D eigenvalue weighted by atomic mass is 10.2. The smallest absolute Gasteiger partial charge is 0.370 e. The van der Waals surface area contributed by atoms with E-state index in [1.54, 1.807) is 0 Å². The molecule has 0 amide bonds. The molecule has 0 fully saturated rings. The number of guanidine groups is 2. The van der Waals surface area contributed by atoms with E-state index in [0.29, 0.717) is 13.1 Å². The van der Waals surface area contributed by atoms with Crippen LogP contribution in [0.5, 0.6) is 0 Å². The second-order valence-electron chi connectivity index (χ2n) is 5.19. The number of halogens is 2. The second-order valence-corrected chi connectivity index (χ2v) is 8.58. The molecule has 29 heavy (non-hydrogen) atoms. The molecule has 0 aromatic heterocycles. The summed E-state index contributed by atoms with van der Waals surface area (Å²) < 4.78 is 34.0. The monoisotopic (exact) mass is 644 g/mol. The van der Waals surface area contributed by atoms with Crippen LogP contribution in [0.1, 0.15) is 11.1 Å². The van der Waals surface area contributed by atoms with Crippen LogP contribution >= 0.6 is 45.2 Å². The Balaban J connectivity index is 0.000000442. The van der Waals surface area contributed by atoms with Gasteiger partial charge in [0, 0.05) is 7.14 Å². The number of rotatable bonds is 4. The van der Waals surface area contributed by atoms with Gasteiger partial charge in [0.25, 0.3) is 0 Å². The first-order valence-electron chi connectivity index (χ1n) is 7.66. The zero-order chi connectivity index (χ0) is 22.4. The van der Waals surface area contributed by atoms with Gasteiger partial charge < -0.3 is 22.9 Å². The van der Waals surface area contributed by atoms with Crippen LogP contribution in [0.25, 0.3) is 0 Å². The molecule has 10 N–H and O–H groups in total. The predicted octanol–water partition coefficient (Wildman–Crippen LogP) is 1.48. The molecule has 0 spiro atoms. The summed E-state index contributed by atoms with van der Waals surface area (Å²) in [5.74, 6) is 0.266. The Labute approximate surface area is 196 Å². The maximum absolute atomic E-state index is 8.74. The second kappa shape index (κ2) is 14.3. The van der Waals surface area contributed by atoms with Crippen molar-refractivity contribution >= 4 is 67.5 Å². The number of aliphatic imine (C=N–C) groups is 2. The highest BCUT2D eigenvalue weighted by molar-refractivity contribution is 14.1. The lowest BCUT2D eigenvalue weighted by molar-refractivity contribution is 0.381. The Bertz CT molecular complexity index is 861. The molecule has 0 aliphatic rings. The fourth-order valence-corrected chi connectivity index (χ4v) is 2.85. The van der Waals surface area contributed by atoms with Gasteiger partial charge in [0.05, 0.1) is 13.1 Å². The summed E-state index contributed by atoms with van der Waals surface area (Å²) in [6, 6.07) is 16.1. The molecule has 0 heterocycles. The van der Waals surface area contributed by atoms with Gasteiger partial charge >= 0.3 is 10.4 Å². The van der Waals surface area contributed by atoms with Crippen molar-refractivity contribution in [3.63, 3.8) is 0 Å². The molecule has 2 rings (SSSR count). The molecule has 10 nitrogen and oxygen atoms in total. The summed E-state index contributed by atoms with van der Waals surface area (Å²) in [4.78, 5) is 7.81. The number of nitrogens with two attached hydrogens (primary N) is 4. The fraction of sp³-hybridized carbons (Fsp3) is 0.125. The molecule has 0 aliphatic heterocycles. The van der Waals surface area contributed by atoms with Gasteiger partial charge in [0.2, 0.25) is 0 Å². The Hall–Kier alpha value is -1.69. The Morgan fingerprint density at radius 3 is 1.69 bits per heavy atom. The Kier molecular flexibility index (Phi) is 13.5. The van der Waals surface area contributed by atoms with Crippen molar-refractivity contribution in [2.24, 2.45) is 32.9 Å². The van der Waals surface area contributed by atoms with E-state index < -0.39 is 10.4 Å². The highest BCUT2D eigenvalue weighted by atomic mass is 127. The molecule has 0 unspecified atom stereocenters. The van der Waals surface area contributed by atoms with Gasteiger partial charge in [-0.1, -0.05) is 24.3 Å². The topological polar surface area (TPSA) is 203 Å². The first-order chi connectivity index (χ1) is 13.4.